The predicted octanol–water partition coefficient (Wildman–Crippen LogP) is 3.09. The molecule has 0 aromatic rings. The Balaban J connectivity index is 0. The van der Waals surface area contributed by atoms with Crippen LogP contribution in [0.1, 0.15) is 27.7 Å². The summed E-state index contributed by atoms with van der Waals surface area (Å²) >= 11 is 6.06. The molecule has 16 heavy (non-hydrogen) atoms. The lowest BCUT2D eigenvalue weighted by atomic mass is 9.97. The van der Waals surface area contributed by atoms with E-state index in [0.717, 1.165) is 0 Å². The van der Waals surface area contributed by atoms with Gasteiger partial charge < -0.3 is 10.2 Å². The van der Waals surface area contributed by atoms with Crippen molar-refractivity contribution in [2.45, 2.75) is 32.7 Å². The van der Waals surface area contributed by atoms with Crippen molar-refractivity contribution in [1.82, 2.24) is 0 Å². The monoisotopic (exact) mass is 360 g/mol. The topological polar surface area (TPSA) is 66.8 Å². The van der Waals surface area contributed by atoms with E-state index < -0.39 is 5.97 Å². The Morgan fingerprint density at radius 1 is 1.56 bits per heavy atom. The van der Waals surface area contributed by atoms with Gasteiger partial charge in [0.2, 0.25) is 0 Å². The number of hydrogen-bond donors (Lipinski definition) is 2. The van der Waals surface area contributed by atoms with E-state index >= 15 is 0 Å². The summed E-state index contributed by atoms with van der Waals surface area (Å²) in [6, 6.07) is 0. The van der Waals surface area contributed by atoms with Crippen LogP contribution in [0, 0.1) is 5.41 Å². The molecule has 0 rings (SSSR count). The van der Waals surface area contributed by atoms with Crippen LogP contribution in [-0.2, 0) is 8.62 Å². The van der Waals surface area contributed by atoms with Crippen molar-refractivity contribution in [2.24, 2.45) is 5.41 Å². The average molecular weight is 362 g/mol. The van der Waals surface area contributed by atoms with E-state index in [2.05, 4.69) is 32.2 Å². The number of hydrogen-bond acceptors (Lipinski definition) is 3. The lowest BCUT2D eigenvalue weighted by Gasteiger charge is -2.24. The molecule has 0 radical (unpaired) electrons. The number of carboxylic acids is 1. The third kappa shape index (κ3) is 8.27. The molecule has 6 heteroatoms. The molecule has 0 aliphatic carbocycles. The molecule has 96 valence electrons. The number of alkyl halides is 1. The fourth-order valence-electron chi connectivity index (χ4n) is 0.316. The molecule has 1 unspecified atom stereocenters. The summed E-state index contributed by atoms with van der Waals surface area (Å²) in [6.07, 6.45) is 1.56. The zero-order valence-electron chi connectivity index (χ0n) is 9.83. The number of carboxylic acid groups (broad SMARTS) is 1. The van der Waals surface area contributed by atoms with E-state index in [1.54, 1.807) is 19.9 Å². The maximum atomic E-state index is 9.86. The molecule has 0 spiro atoms. The van der Waals surface area contributed by atoms with E-state index in [0.29, 0.717) is 5.57 Å². The highest BCUT2D eigenvalue weighted by Gasteiger charge is 2.26. The molecule has 0 aromatic heterocycles. The van der Waals surface area contributed by atoms with Crippen LogP contribution in [0.3, 0.4) is 0 Å². The van der Waals surface area contributed by atoms with Gasteiger partial charge in [0.15, 0.2) is 0 Å². The van der Waals surface area contributed by atoms with Crippen molar-refractivity contribution in [1.29, 1.82) is 0 Å². The minimum Gasteiger partial charge on any atom is -0.478 e. The summed E-state index contributed by atoms with van der Waals surface area (Å²) < 4.78 is 4.78. The second kappa shape index (κ2) is 9.15. The summed E-state index contributed by atoms with van der Waals surface area (Å²) in [5.41, 5.74) is 0.142. The Morgan fingerprint density at radius 2 is 2.00 bits per heavy atom. The molecule has 0 saturated heterocycles. The van der Waals surface area contributed by atoms with Gasteiger partial charge in [0.1, 0.15) is 5.01 Å². The summed E-state index contributed by atoms with van der Waals surface area (Å²) in [5, 5.41) is 16.7. The van der Waals surface area contributed by atoms with Crippen molar-refractivity contribution < 1.29 is 18.8 Å². The third-order valence-corrected chi connectivity index (χ3v) is 4.17. The third-order valence-electron chi connectivity index (χ3n) is 1.87. The van der Waals surface area contributed by atoms with Crippen LogP contribution < -0.4 is 0 Å². The average Bonchev–Trinajstić information content (AvgIpc) is 2.27. The maximum absolute atomic E-state index is 9.86. The van der Waals surface area contributed by atoms with E-state index in [1.165, 1.54) is 0 Å². The van der Waals surface area contributed by atoms with Crippen LogP contribution in [0.25, 0.3) is 0 Å². The number of aliphatic hydroxyl groups excluding tert-OH is 1. The summed E-state index contributed by atoms with van der Waals surface area (Å²) in [7, 11) is 0. The van der Waals surface area contributed by atoms with Crippen LogP contribution in [0.5, 0.6) is 0 Å². The van der Waals surface area contributed by atoms with Gasteiger partial charge in [-0.2, -0.15) is 0 Å². The van der Waals surface area contributed by atoms with Crippen LogP contribution >= 0.6 is 32.2 Å². The number of aliphatic carboxylic acids is 1. The lowest BCUT2D eigenvalue weighted by Crippen LogP contribution is -2.28. The van der Waals surface area contributed by atoms with Gasteiger partial charge >= 0.3 is 5.97 Å². The van der Waals surface area contributed by atoms with Crippen LogP contribution in [0.15, 0.2) is 11.6 Å². The van der Waals surface area contributed by atoms with Crippen molar-refractivity contribution in [2.75, 3.05) is 6.61 Å². The van der Waals surface area contributed by atoms with Gasteiger partial charge in [-0.25, -0.2) is 4.79 Å². The second-order valence-corrected chi connectivity index (χ2v) is 5.03. The zero-order chi connectivity index (χ0) is 13.4. The van der Waals surface area contributed by atoms with E-state index in [-0.39, 0.29) is 17.0 Å². The van der Waals surface area contributed by atoms with Gasteiger partial charge in [-0.05, 0) is 13.8 Å². The van der Waals surface area contributed by atoms with Crippen molar-refractivity contribution in [3.8, 4) is 0 Å². The molecule has 0 aliphatic rings. The van der Waals surface area contributed by atoms with Gasteiger partial charge in [0.25, 0.3) is 0 Å². The smallest absolute Gasteiger partial charge is 0.330 e. The van der Waals surface area contributed by atoms with Gasteiger partial charge in [-0.15, -0.1) is 0 Å². The van der Waals surface area contributed by atoms with Crippen LogP contribution in [0.4, 0.5) is 0 Å². The molecule has 2 N–H and O–H groups in total. The lowest BCUT2D eigenvalue weighted by molar-refractivity contribution is -0.132. The molecule has 0 heterocycles. The molecule has 0 aliphatic heterocycles. The van der Waals surface area contributed by atoms with Gasteiger partial charge in [-0.3, -0.25) is 3.83 Å². The minimum atomic E-state index is -0.845. The zero-order valence-corrected chi connectivity index (χ0v) is 13.0. The molecule has 0 saturated carbocycles. The molecule has 0 fully saturated rings. The first-order chi connectivity index (χ1) is 7.22. The van der Waals surface area contributed by atoms with E-state index in [9.17, 15) is 4.79 Å². The molecule has 0 aromatic carbocycles. The van der Waals surface area contributed by atoms with Gasteiger partial charge in [-0.1, -0.05) is 35.9 Å². The SMILES string of the molecule is CC(C)(CO)C(Br)OBr.CC=C(C)C(=O)O. The molecule has 4 nitrogen and oxygen atoms in total. The first kappa shape index (κ1) is 18.5. The Kier molecular flexibility index (Phi) is 10.6. The maximum Gasteiger partial charge on any atom is 0.330 e. The first-order valence-electron chi connectivity index (χ1n) is 4.61. The largest absolute Gasteiger partial charge is 0.478 e. The number of aliphatic hydroxyl groups is 1. The highest BCUT2D eigenvalue weighted by atomic mass is 79.9. The van der Waals surface area contributed by atoms with Crippen LogP contribution in [0.2, 0.25) is 0 Å². The second-order valence-electron chi connectivity index (χ2n) is 3.83. The Morgan fingerprint density at radius 3 is 2.06 bits per heavy atom. The molecular weight excluding hydrogens is 344 g/mol. The Labute approximate surface area is 113 Å². The Bertz CT molecular complexity index is 239. The fourth-order valence-corrected chi connectivity index (χ4v) is 0.967. The van der Waals surface area contributed by atoms with Gasteiger partial charge in [0, 0.05) is 11.0 Å². The number of allylic oxidation sites excluding steroid dienone is 1. The van der Waals surface area contributed by atoms with Crippen molar-refractivity contribution in [3.63, 3.8) is 0 Å². The van der Waals surface area contributed by atoms with Crippen molar-refractivity contribution >= 4 is 38.2 Å². The number of rotatable bonds is 4. The molecular formula is C10H18Br2O4. The highest BCUT2D eigenvalue weighted by Crippen LogP contribution is 2.28. The Hall–Kier alpha value is 0.0900. The van der Waals surface area contributed by atoms with Crippen LogP contribution in [-0.4, -0.2) is 27.8 Å². The number of carbonyl (C=O) groups is 1. The minimum absolute atomic E-state index is 0.0918. The van der Waals surface area contributed by atoms with Crippen molar-refractivity contribution in [3.05, 3.63) is 11.6 Å². The normalized spacial score (nSPS) is 13.8. The fraction of sp³-hybridized carbons (Fsp3) is 0.700. The summed E-state index contributed by atoms with van der Waals surface area (Å²) in [4.78, 5) is 9.86. The molecule has 1 atom stereocenters. The highest BCUT2D eigenvalue weighted by molar-refractivity contribution is 9.10. The quantitative estimate of drug-likeness (QED) is 0.596. The first-order valence-corrected chi connectivity index (χ1v) is 6.17. The summed E-state index contributed by atoms with van der Waals surface area (Å²) in [5.74, 6) is -0.845. The summed E-state index contributed by atoms with van der Waals surface area (Å²) in [6.45, 7) is 7.14. The number of halogens is 2. The van der Waals surface area contributed by atoms with E-state index in [4.69, 9.17) is 14.0 Å². The molecule has 0 bridgehead atoms. The standard InChI is InChI=1S/C5H10Br2O2.C5H8O2/c1-5(2,3-8)4(6)9-7;1-3-4(2)5(6)7/h4,8H,3H2,1-2H3;3H,1-2H3,(H,6,7). The van der Waals surface area contributed by atoms with Gasteiger partial charge in [0.05, 0.1) is 22.9 Å². The molecule has 0 amide bonds. The van der Waals surface area contributed by atoms with E-state index in [1.807, 2.05) is 13.8 Å². The predicted molar refractivity (Wildman–Crippen MR) is 70.7 cm³/mol.